The van der Waals surface area contributed by atoms with Crippen LogP contribution < -0.4 is 10.6 Å². The van der Waals surface area contributed by atoms with Gasteiger partial charge in [0.2, 0.25) is 0 Å². The van der Waals surface area contributed by atoms with Crippen LogP contribution in [-0.4, -0.2) is 24.1 Å². The van der Waals surface area contributed by atoms with Gasteiger partial charge in [-0.15, -0.1) is 11.3 Å². The number of hydrogen-bond acceptors (Lipinski definition) is 4. The third-order valence-electron chi connectivity index (χ3n) is 2.97. The molecule has 1 fully saturated rings. The molecule has 1 aliphatic rings. The molecule has 3 nitrogen and oxygen atoms in total. The van der Waals surface area contributed by atoms with E-state index in [9.17, 15) is 0 Å². The van der Waals surface area contributed by atoms with Crippen LogP contribution in [-0.2, 0) is 0 Å². The van der Waals surface area contributed by atoms with Gasteiger partial charge >= 0.3 is 0 Å². The molecule has 1 saturated heterocycles. The van der Waals surface area contributed by atoms with E-state index in [1.165, 1.54) is 12.8 Å². The monoisotopic (exact) mass is 211 g/mol. The number of piperidine rings is 1. The van der Waals surface area contributed by atoms with Gasteiger partial charge in [-0.3, -0.25) is 0 Å². The second-order valence-electron chi connectivity index (χ2n) is 4.00. The number of aromatic nitrogens is 1. The molecule has 14 heavy (non-hydrogen) atoms. The fourth-order valence-corrected chi connectivity index (χ4v) is 2.69. The Balaban J connectivity index is 1.90. The van der Waals surface area contributed by atoms with Crippen molar-refractivity contribution in [2.24, 2.45) is 11.7 Å². The molecule has 0 spiro atoms. The van der Waals surface area contributed by atoms with Crippen LogP contribution in [0.15, 0.2) is 11.6 Å². The maximum Gasteiger partial charge on any atom is 0.185 e. The van der Waals surface area contributed by atoms with Gasteiger partial charge in [0.1, 0.15) is 0 Å². The van der Waals surface area contributed by atoms with Gasteiger partial charge in [0.25, 0.3) is 0 Å². The number of nitrogens with zero attached hydrogens (tertiary/aromatic N) is 2. The third-order valence-corrected chi connectivity index (χ3v) is 3.81. The third kappa shape index (κ3) is 2.07. The summed E-state index contributed by atoms with van der Waals surface area (Å²) in [7, 11) is 0. The lowest BCUT2D eigenvalue weighted by molar-refractivity contribution is 0.354. The van der Waals surface area contributed by atoms with Gasteiger partial charge < -0.3 is 10.6 Å². The average Bonchev–Trinajstić information content (AvgIpc) is 2.71. The largest absolute Gasteiger partial charge is 0.348 e. The number of nitrogens with two attached hydrogens (primary N) is 1. The maximum atomic E-state index is 5.90. The topological polar surface area (TPSA) is 42.1 Å². The van der Waals surface area contributed by atoms with Gasteiger partial charge in [-0.05, 0) is 25.7 Å². The van der Waals surface area contributed by atoms with Crippen molar-refractivity contribution in [1.82, 2.24) is 4.98 Å². The average molecular weight is 211 g/mol. The molecular formula is C10H17N3S. The van der Waals surface area contributed by atoms with Gasteiger partial charge in [0, 0.05) is 30.7 Å². The van der Waals surface area contributed by atoms with Crippen LogP contribution in [0.5, 0.6) is 0 Å². The normalized spacial score (nSPS) is 21.1. The summed E-state index contributed by atoms with van der Waals surface area (Å²) in [5.41, 5.74) is 5.90. The number of thiazole rings is 1. The Hall–Kier alpha value is -0.610. The van der Waals surface area contributed by atoms with E-state index in [4.69, 9.17) is 5.73 Å². The van der Waals surface area contributed by atoms with Gasteiger partial charge in [-0.2, -0.15) is 0 Å². The highest BCUT2D eigenvalue weighted by Gasteiger charge is 2.22. The lowest BCUT2D eigenvalue weighted by Gasteiger charge is -2.33. The first kappa shape index (κ1) is 9.93. The van der Waals surface area contributed by atoms with E-state index in [0.717, 1.165) is 18.2 Å². The maximum absolute atomic E-state index is 5.90. The van der Waals surface area contributed by atoms with Crippen LogP contribution in [0.3, 0.4) is 0 Å². The van der Waals surface area contributed by atoms with Crippen molar-refractivity contribution in [2.45, 2.75) is 25.8 Å². The Labute approximate surface area is 88.9 Å². The van der Waals surface area contributed by atoms with E-state index in [1.807, 2.05) is 11.6 Å². The number of anilines is 1. The van der Waals surface area contributed by atoms with Gasteiger partial charge in [0.15, 0.2) is 5.13 Å². The molecule has 1 aromatic rings. The van der Waals surface area contributed by atoms with E-state index in [1.54, 1.807) is 11.3 Å². The molecule has 0 saturated carbocycles. The van der Waals surface area contributed by atoms with Crippen LogP contribution in [0.4, 0.5) is 5.13 Å². The first-order valence-corrected chi connectivity index (χ1v) is 6.05. The van der Waals surface area contributed by atoms with Crippen molar-refractivity contribution < 1.29 is 0 Å². The highest BCUT2D eigenvalue weighted by Crippen LogP contribution is 2.25. The molecule has 0 amide bonds. The second kappa shape index (κ2) is 4.28. The van der Waals surface area contributed by atoms with Gasteiger partial charge in [-0.1, -0.05) is 0 Å². The molecule has 0 radical (unpaired) electrons. The molecule has 0 bridgehead atoms. The van der Waals surface area contributed by atoms with E-state index >= 15 is 0 Å². The molecular weight excluding hydrogens is 194 g/mol. The summed E-state index contributed by atoms with van der Waals surface area (Å²) in [5.74, 6) is 0.700. The molecule has 2 heterocycles. The Morgan fingerprint density at radius 3 is 2.79 bits per heavy atom. The Morgan fingerprint density at radius 1 is 1.57 bits per heavy atom. The molecule has 0 aliphatic carbocycles. The van der Waals surface area contributed by atoms with Crippen LogP contribution in [0, 0.1) is 5.92 Å². The smallest absolute Gasteiger partial charge is 0.185 e. The molecule has 4 heteroatoms. The number of rotatable bonds is 2. The quantitative estimate of drug-likeness (QED) is 0.809. The van der Waals surface area contributed by atoms with E-state index in [0.29, 0.717) is 12.0 Å². The second-order valence-corrected chi connectivity index (χ2v) is 4.87. The zero-order valence-electron chi connectivity index (χ0n) is 8.52. The Morgan fingerprint density at radius 2 is 2.29 bits per heavy atom. The lowest BCUT2D eigenvalue weighted by atomic mass is 9.91. The predicted octanol–water partition coefficient (Wildman–Crippen LogP) is 1.71. The molecule has 78 valence electrons. The summed E-state index contributed by atoms with van der Waals surface area (Å²) in [6.07, 6.45) is 4.28. The Kier molecular flexibility index (Phi) is 3.03. The summed E-state index contributed by atoms with van der Waals surface area (Å²) in [6, 6.07) is 0.341. The standard InChI is InChI=1S/C10H17N3S/c1-8(11)9-2-5-13(6-3-9)10-12-4-7-14-10/h4,7-9H,2-3,5-6,11H2,1H3. The van der Waals surface area contributed by atoms with E-state index < -0.39 is 0 Å². The van der Waals surface area contributed by atoms with Crippen molar-refractivity contribution in [3.63, 3.8) is 0 Å². The van der Waals surface area contributed by atoms with E-state index in [-0.39, 0.29) is 0 Å². The summed E-state index contributed by atoms with van der Waals surface area (Å²) >= 11 is 1.72. The molecule has 1 aromatic heterocycles. The molecule has 1 atom stereocenters. The zero-order chi connectivity index (χ0) is 9.97. The molecule has 1 unspecified atom stereocenters. The lowest BCUT2D eigenvalue weighted by Crippen LogP contribution is -2.39. The van der Waals surface area contributed by atoms with Gasteiger partial charge in [-0.25, -0.2) is 4.98 Å². The first-order chi connectivity index (χ1) is 6.77. The number of hydrogen-bond donors (Lipinski definition) is 1. The summed E-state index contributed by atoms with van der Waals surface area (Å²) < 4.78 is 0. The van der Waals surface area contributed by atoms with Crippen LogP contribution in [0.2, 0.25) is 0 Å². The van der Waals surface area contributed by atoms with Crippen molar-refractivity contribution in [3.05, 3.63) is 11.6 Å². The fourth-order valence-electron chi connectivity index (χ4n) is 1.99. The van der Waals surface area contributed by atoms with Crippen molar-refractivity contribution in [1.29, 1.82) is 0 Å². The van der Waals surface area contributed by atoms with Crippen LogP contribution >= 0.6 is 11.3 Å². The minimum Gasteiger partial charge on any atom is -0.348 e. The Bertz CT molecular complexity index is 263. The van der Waals surface area contributed by atoms with Crippen molar-refractivity contribution in [3.8, 4) is 0 Å². The molecule has 0 aromatic carbocycles. The van der Waals surface area contributed by atoms with Crippen molar-refractivity contribution in [2.75, 3.05) is 18.0 Å². The minimum absolute atomic E-state index is 0.341. The van der Waals surface area contributed by atoms with Crippen LogP contribution in [0.1, 0.15) is 19.8 Å². The van der Waals surface area contributed by atoms with Crippen LogP contribution in [0.25, 0.3) is 0 Å². The zero-order valence-corrected chi connectivity index (χ0v) is 9.33. The first-order valence-electron chi connectivity index (χ1n) is 5.17. The SMILES string of the molecule is CC(N)C1CCN(c2nccs2)CC1. The van der Waals surface area contributed by atoms with E-state index in [2.05, 4.69) is 16.8 Å². The molecule has 2 N–H and O–H groups in total. The summed E-state index contributed by atoms with van der Waals surface area (Å²) in [4.78, 5) is 6.69. The summed E-state index contributed by atoms with van der Waals surface area (Å²) in [5, 5.41) is 3.20. The highest BCUT2D eigenvalue weighted by atomic mass is 32.1. The van der Waals surface area contributed by atoms with Gasteiger partial charge in [0.05, 0.1) is 0 Å². The summed E-state index contributed by atoms with van der Waals surface area (Å²) in [6.45, 7) is 4.34. The molecule has 1 aliphatic heterocycles. The van der Waals surface area contributed by atoms with Crippen molar-refractivity contribution >= 4 is 16.5 Å². The predicted molar refractivity (Wildman–Crippen MR) is 60.7 cm³/mol. The highest BCUT2D eigenvalue weighted by molar-refractivity contribution is 7.13. The minimum atomic E-state index is 0.341. The molecule has 2 rings (SSSR count). The fraction of sp³-hybridized carbons (Fsp3) is 0.700.